The molecular weight excluding hydrogens is 404 g/mol. The molecule has 0 atom stereocenters. The number of carbonyl (C=O) groups is 1. The average molecular weight is 439 g/mol. The molecule has 1 heterocycles. The van der Waals surface area contributed by atoms with Crippen LogP contribution in [0.2, 0.25) is 0 Å². The van der Waals surface area contributed by atoms with E-state index in [0.717, 1.165) is 25.7 Å². The molecule has 1 aliphatic heterocycles. The van der Waals surface area contributed by atoms with Crippen molar-refractivity contribution in [1.29, 1.82) is 0 Å². The lowest BCUT2D eigenvalue weighted by Crippen LogP contribution is -2.40. The van der Waals surface area contributed by atoms with Gasteiger partial charge in [0.25, 0.3) is 0 Å². The third-order valence-corrected chi connectivity index (χ3v) is 8.26. The van der Waals surface area contributed by atoms with Crippen molar-refractivity contribution >= 4 is 21.6 Å². The standard InChI is InChI=1S/C22H34N2O5S/c1-22(2,3)17-7-5-16(6-8-17)21(25)23-18-9-10-19(28-4)20(15-18)30(26,27)24-11-13-29-14-12-24/h9-10,15-17H,5-8,11-14H2,1-4H3,(H,23,25). The number of carbonyl (C=O) groups excluding carboxylic acids is 1. The first-order valence-corrected chi connectivity index (χ1v) is 12.1. The van der Waals surface area contributed by atoms with Crippen LogP contribution in [-0.4, -0.2) is 52.0 Å². The second-order valence-electron chi connectivity index (χ2n) is 9.29. The zero-order chi connectivity index (χ0) is 21.9. The second kappa shape index (κ2) is 9.24. The fourth-order valence-electron chi connectivity index (χ4n) is 4.35. The number of nitrogens with one attached hydrogen (secondary N) is 1. The summed E-state index contributed by atoms with van der Waals surface area (Å²) in [5.74, 6) is 0.824. The van der Waals surface area contributed by atoms with Crippen LogP contribution in [0.3, 0.4) is 0 Å². The Morgan fingerprint density at radius 3 is 2.33 bits per heavy atom. The van der Waals surface area contributed by atoms with Crippen LogP contribution in [0.1, 0.15) is 46.5 Å². The minimum Gasteiger partial charge on any atom is -0.495 e. The second-order valence-corrected chi connectivity index (χ2v) is 11.2. The third-order valence-electron chi connectivity index (χ3n) is 6.34. The number of methoxy groups -OCH3 is 1. The van der Waals surface area contributed by atoms with E-state index in [-0.39, 0.29) is 27.9 Å². The molecule has 7 nitrogen and oxygen atoms in total. The van der Waals surface area contributed by atoms with Crippen LogP contribution in [0.25, 0.3) is 0 Å². The normalized spacial score (nSPS) is 23.7. The molecule has 1 saturated heterocycles. The van der Waals surface area contributed by atoms with Crippen LogP contribution >= 0.6 is 0 Å². The summed E-state index contributed by atoms with van der Waals surface area (Å²) in [4.78, 5) is 12.9. The van der Waals surface area contributed by atoms with Gasteiger partial charge < -0.3 is 14.8 Å². The highest BCUT2D eigenvalue weighted by Gasteiger charge is 2.33. The Hall–Kier alpha value is -1.64. The van der Waals surface area contributed by atoms with E-state index in [4.69, 9.17) is 9.47 Å². The van der Waals surface area contributed by atoms with E-state index in [1.54, 1.807) is 12.1 Å². The lowest BCUT2D eigenvalue weighted by Gasteiger charge is -2.36. The largest absolute Gasteiger partial charge is 0.495 e. The Bertz CT molecular complexity index is 849. The van der Waals surface area contributed by atoms with Crippen molar-refractivity contribution in [3.8, 4) is 5.75 Å². The van der Waals surface area contributed by atoms with Gasteiger partial charge >= 0.3 is 0 Å². The number of hydrogen-bond donors (Lipinski definition) is 1. The lowest BCUT2D eigenvalue weighted by molar-refractivity contribution is -0.121. The van der Waals surface area contributed by atoms with Gasteiger partial charge in [0.1, 0.15) is 10.6 Å². The number of nitrogens with zero attached hydrogens (tertiary/aromatic N) is 1. The van der Waals surface area contributed by atoms with Crippen molar-refractivity contribution < 1.29 is 22.7 Å². The predicted molar refractivity (Wildman–Crippen MR) is 116 cm³/mol. The average Bonchev–Trinajstić information content (AvgIpc) is 2.73. The third kappa shape index (κ3) is 5.15. The summed E-state index contributed by atoms with van der Waals surface area (Å²) in [5, 5.41) is 2.93. The molecule has 1 aromatic carbocycles. The Morgan fingerprint density at radius 1 is 1.13 bits per heavy atom. The first-order chi connectivity index (χ1) is 14.1. The Balaban J connectivity index is 1.73. The molecule has 1 N–H and O–H groups in total. The zero-order valence-corrected chi connectivity index (χ0v) is 19.3. The minimum atomic E-state index is -3.73. The first kappa shape index (κ1) is 23.0. The predicted octanol–water partition coefficient (Wildman–Crippen LogP) is 3.51. The molecule has 168 valence electrons. The van der Waals surface area contributed by atoms with Crippen molar-refractivity contribution in [3.63, 3.8) is 0 Å². The van der Waals surface area contributed by atoms with Crippen molar-refractivity contribution in [2.24, 2.45) is 17.3 Å². The molecule has 8 heteroatoms. The Morgan fingerprint density at radius 2 is 1.77 bits per heavy atom. The van der Waals surface area contributed by atoms with Gasteiger partial charge in [0, 0.05) is 24.7 Å². The summed E-state index contributed by atoms with van der Waals surface area (Å²) in [7, 11) is -2.29. The monoisotopic (exact) mass is 438 g/mol. The van der Waals surface area contributed by atoms with Gasteiger partial charge in [-0.05, 0) is 55.2 Å². The number of benzene rings is 1. The van der Waals surface area contributed by atoms with E-state index in [1.165, 1.54) is 17.5 Å². The maximum Gasteiger partial charge on any atom is 0.246 e. The van der Waals surface area contributed by atoms with E-state index >= 15 is 0 Å². The van der Waals surface area contributed by atoms with Gasteiger partial charge in [-0.1, -0.05) is 20.8 Å². The Labute approximate surface area is 180 Å². The summed E-state index contributed by atoms with van der Waals surface area (Å²) >= 11 is 0. The van der Waals surface area contributed by atoms with Crippen molar-refractivity contribution in [3.05, 3.63) is 18.2 Å². The smallest absolute Gasteiger partial charge is 0.246 e. The minimum absolute atomic E-state index is 0.0370. The fraction of sp³-hybridized carbons (Fsp3) is 0.682. The van der Waals surface area contributed by atoms with Crippen LogP contribution < -0.4 is 10.1 Å². The number of ether oxygens (including phenoxy) is 2. The zero-order valence-electron chi connectivity index (χ0n) is 18.4. The molecule has 2 fully saturated rings. The summed E-state index contributed by atoms with van der Waals surface area (Å²) < 4.78 is 38.2. The summed E-state index contributed by atoms with van der Waals surface area (Å²) in [6.45, 7) is 8.12. The highest BCUT2D eigenvalue weighted by atomic mass is 32.2. The maximum absolute atomic E-state index is 13.1. The van der Waals surface area contributed by atoms with Crippen LogP contribution in [0.5, 0.6) is 5.75 Å². The quantitative estimate of drug-likeness (QED) is 0.760. The number of hydrogen-bond acceptors (Lipinski definition) is 5. The van der Waals surface area contributed by atoms with Gasteiger partial charge in [-0.25, -0.2) is 8.42 Å². The van der Waals surface area contributed by atoms with E-state index < -0.39 is 10.0 Å². The van der Waals surface area contributed by atoms with Crippen molar-refractivity contribution in [2.75, 3.05) is 38.7 Å². The van der Waals surface area contributed by atoms with Crippen LogP contribution in [0, 0.1) is 17.3 Å². The maximum atomic E-state index is 13.1. The van der Waals surface area contributed by atoms with E-state index in [9.17, 15) is 13.2 Å². The molecule has 1 amide bonds. The number of sulfonamides is 1. The number of morpholine rings is 1. The number of rotatable bonds is 5. The molecule has 0 bridgehead atoms. The molecule has 1 aromatic rings. The number of anilines is 1. The first-order valence-electron chi connectivity index (χ1n) is 10.7. The number of amides is 1. The van der Waals surface area contributed by atoms with Gasteiger partial charge in [-0.3, -0.25) is 4.79 Å². The van der Waals surface area contributed by atoms with E-state index in [0.29, 0.717) is 37.9 Å². The lowest BCUT2D eigenvalue weighted by atomic mass is 9.69. The Kier molecular flexibility index (Phi) is 7.09. The molecular formula is C22H34N2O5S. The van der Waals surface area contributed by atoms with Crippen LogP contribution in [-0.2, 0) is 19.6 Å². The van der Waals surface area contributed by atoms with Gasteiger partial charge in [-0.2, -0.15) is 4.31 Å². The highest BCUT2D eigenvalue weighted by Crippen LogP contribution is 2.40. The van der Waals surface area contributed by atoms with Crippen molar-refractivity contribution in [1.82, 2.24) is 4.31 Å². The molecule has 0 radical (unpaired) electrons. The molecule has 3 rings (SSSR count). The van der Waals surface area contributed by atoms with Gasteiger partial charge in [0.15, 0.2) is 0 Å². The van der Waals surface area contributed by atoms with Gasteiger partial charge in [-0.15, -0.1) is 0 Å². The summed E-state index contributed by atoms with van der Waals surface area (Å²) in [6, 6.07) is 4.79. The summed E-state index contributed by atoms with van der Waals surface area (Å²) in [6.07, 6.45) is 3.81. The van der Waals surface area contributed by atoms with Crippen LogP contribution in [0.4, 0.5) is 5.69 Å². The van der Waals surface area contributed by atoms with E-state index in [2.05, 4.69) is 26.1 Å². The van der Waals surface area contributed by atoms with Gasteiger partial charge in [0.05, 0.1) is 20.3 Å². The van der Waals surface area contributed by atoms with E-state index in [1.807, 2.05) is 0 Å². The molecule has 0 spiro atoms. The topological polar surface area (TPSA) is 84.9 Å². The molecule has 0 unspecified atom stereocenters. The molecule has 1 aliphatic carbocycles. The molecule has 30 heavy (non-hydrogen) atoms. The molecule has 0 aromatic heterocycles. The fourth-order valence-corrected chi connectivity index (χ4v) is 5.94. The summed E-state index contributed by atoms with van der Waals surface area (Å²) in [5.41, 5.74) is 0.741. The van der Waals surface area contributed by atoms with Gasteiger partial charge in [0.2, 0.25) is 15.9 Å². The molecule has 1 saturated carbocycles. The highest BCUT2D eigenvalue weighted by molar-refractivity contribution is 7.89. The van der Waals surface area contributed by atoms with Crippen LogP contribution in [0.15, 0.2) is 23.1 Å². The van der Waals surface area contributed by atoms with Crippen molar-refractivity contribution in [2.45, 2.75) is 51.3 Å². The SMILES string of the molecule is COc1ccc(NC(=O)C2CCC(C(C)(C)C)CC2)cc1S(=O)(=O)N1CCOCC1. The molecule has 2 aliphatic rings.